The molecule has 0 rings (SSSR count). The Morgan fingerprint density at radius 3 is 0.769 bits per heavy atom. The standard InChI is InChI=1S/C2H6O.3C2H5O.In/c4*1-2-3;/h3H,2H2,1H3;3*2H2,1H3;/q;3*-1;+3. The van der Waals surface area contributed by atoms with Crippen LogP contribution in [-0.4, -0.2) is 57.4 Å². The van der Waals surface area contributed by atoms with Crippen molar-refractivity contribution in [2.24, 2.45) is 0 Å². The van der Waals surface area contributed by atoms with Gasteiger partial charge in [-0.2, -0.15) is 0 Å². The van der Waals surface area contributed by atoms with E-state index in [1.807, 2.05) is 0 Å². The summed E-state index contributed by atoms with van der Waals surface area (Å²) < 4.78 is 0. The normalized spacial score (nSPS) is 5.54. The second-order valence-electron chi connectivity index (χ2n) is 1.18. The summed E-state index contributed by atoms with van der Waals surface area (Å²) >= 11 is 0. The fourth-order valence-electron chi connectivity index (χ4n) is 0. The van der Waals surface area contributed by atoms with Crippen molar-refractivity contribution in [2.45, 2.75) is 27.7 Å². The largest absolute Gasteiger partial charge is 3.00 e. The van der Waals surface area contributed by atoms with Gasteiger partial charge in [0.25, 0.3) is 0 Å². The van der Waals surface area contributed by atoms with Crippen molar-refractivity contribution >= 4 is 25.8 Å². The topological polar surface area (TPSA) is 89.4 Å². The SMILES string of the molecule is CCO.CC[O-].CC[O-].CC[O-].[In+3]. The maximum atomic E-state index is 8.93. The van der Waals surface area contributed by atoms with Crippen molar-refractivity contribution in [3.05, 3.63) is 0 Å². The fraction of sp³-hybridized carbons (Fsp3) is 1.00. The van der Waals surface area contributed by atoms with E-state index in [0.29, 0.717) is 0 Å². The van der Waals surface area contributed by atoms with Crippen LogP contribution in [0, 0.1) is 0 Å². The zero-order chi connectivity index (χ0) is 10.8. The van der Waals surface area contributed by atoms with Crippen LogP contribution in [0.1, 0.15) is 27.7 Å². The molecule has 0 bridgehead atoms. The summed E-state index contributed by atoms with van der Waals surface area (Å²) in [6.07, 6.45) is 0. The van der Waals surface area contributed by atoms with Gasteiger partial charge >= 0.3 is 25.8 Å². The van der Waals surface area contributed by atoms with Gasteiger partial charge in [-0.05, 0) is 6.92 Å². The van der Waals surface area contributed by atoms with Crippen molar-refractivity contribution in [3.63, 3.8) is 0 Å². The first-order valence-corrected chi connectivity index (χ1v) is 4.01. The quantitative estimate of drug-likeness (QED) is 0.545. The Kier molecular flexibility index (Phi) is 176. The molecule has 0 aliphatic rings. The van der Waals surface area contributed by atoms with E-state index in [1.165, 1.54) is 0 Å². The number of aliphatic hydroxyl groups excluding tert-OH is 1. The van der Waals surface area contributed by atoms with E-state index in [9.17, 15) is 0 Å². The van der Waals surface area contributed by atoms with Crippen molar-refractivity contribution in [1.29, 1.82) is 0 Å². The van der Waals surface area contributed by atoms with E-state index >= 15 is 0 Å². The third kappa shape index (κ3) is 2890. The van der Waals surface area contributed by atoms with Gasteiger partial charge in [-0.15, -0.1) is 19.8 Å². The van der Waals surface area contributed by atoms with Crippen molar-refractivity contribution < 1.29 is 20.4 Å². The summed E-state index contributed by atoms with van der Waals surface area (Å²) in [4.78, 5) is 0. The van der Waals surface area contributed by atoms with Crippen molar-refractivity contribution in [1.82, 2.24) is 0 Å². The number of hydrogen-bond acceptors (Lipinski definition) is 4. The monoisotopic (exact) mass is 296 g/mol. The molecule has 1 N–H and O–H groups in total. The molecule has 80 valence electrons. The van der Waals surface area contributed by atoms with Gasteiger partial charge in [0.15, 0.2) is 0 Å². The third-order valence-corrected chi connectivity index (χ3v) is 0. The molecule has 0 saturated heterocycles. The fourth-order valence-corrected chi connectivity index (χ4v) is 0. The Bertz CT molecular complexity index is 24.1. The minimum absolute atomic E-state index is 0. The van der Waals surface area contributed by atoms with Crippen LogP contribution >= 0.6 is 0 Å². The Balaban J connectivity index is -0.0000000213. The first-order chi connectivity index (χ1) is 5.66. The summed E-state index contributed by atoms with van der Waals surface area (Å²) in [6.45, 7) is 6.64. The molecule has 0 aromatic rings. The molecule has 0 amide bonds. The van der Waals surface area contributed by atoms with E-state index in [0.717, 1.165) is 0 Å². The molecule has 0 saturated carbocycles. The predicted molar refractivity (Wildman–Crippen MR) is 50.1 cm³/mol. The second-order valence-corrected chi connectivity index (χ2v) is 1.18. The average molecular weight is 296 g/mol. The molecule has 0 radical (unpaired) electrons. The van der Waals surface area contributed by atoms with Crippen LogP contribution < -0.4 is 15.3 Å². The molecule has 0 heterocycles. The summed E-state index contributed by atoms with van der Waals surface area (Å²) in [5.41, 5.74) is 0. The Hall–Kier alpha value is 0.710. The molecule has 0 spiro atoms. The molecule has 13 heavy (non-hydrogen) atoms. The molecule has 0 aromatic heterocycles. The Labute approximate surface area is 100 Å². The van der Waals surface area contributed by atoms with Gasteiger partial charge in [0, 0.05) is 6.61 Å². The van der Waals surface area contributed by atoms with Crippen LogP contribution in [0.3, 0.4) is 0 Å². The maximum Gasteiger partial charge on any atom is 3.00 e. The Morgan fingerprint density at radius 2 is 0.769 bits per heavy atom. The molecule has 0 aliphatic carbocycles. The Morgan fingerprint density at radius 1 is 0.769 bits per heavy atom. The number of hydrogen-bond donors (Lipinski definition) is 1. The third-order valence-electron chi connectivity index (χ3n) is 0. The van der Waals surface area contributed by atoms with Crippen LogP contribution in [0.4, 0.5) is 0 Å². The van der Waals surface area contributed by atoms with E-state index in [1.54, 1.807) is 27.7 Å². The summed E-state index contributed by atoms with van der Waals surface area (Å²) in [5, 5.41) is 34.4. The molecular formula is C8H21InO4. The van der Waals surface area contributed by atoms with Gasteiger partial charge in [-0.25, -0.2) is 0 Å². The van der Waals surface area contributed by atoms with Gasteiger partial charge < -0.3 is 20.4 Å². The summed E-state index contributed by atoms with van der Waals surface area (Å²) in [5.74, 6) is 0. The summed E-state index contributed by atoms with van der Waals surface area (Å²) in [7, 11) is 0. The first kappa shape index (κ1) is 29.2. The van der Waals surface area contributed by atoms with Crippen LogP contribution in [-0.2, 0) is 0 Å². The maximum absolute atomic E-state index is 8.93. The molecule has 0 aromatic carbocycles. The minimum Gasteiger partial charge on any atom is -0.855 e. The number of rotatable bonds is 0. The molecule has 5 heteroatoms. The predicted octanol–water partition coefficient (Wildman–Crippen LogP) is -2.28. The van der Waals surface area contributed by atoms with Crippen molar-refractivity contribution in [2.75, 3.05) is 26.4 Å². The van der Waals surface area contributed by atoms with Gasteiger partial charge in [0.2, 0.25) is 0 Å². The van der Waals surface area contributed by atoms with Crippen LogP contribution in [0.2, 0.25) is 0 Å². The molecule has 0 fully saturated rings. The molecule has 4 nitrogen and oxygen atoms in total. The van der Waals surface area contributed by atoms with Crippen LogP contribution in [0.25, 0.3) is 0 Å². The van der Waals surface area contributed by atoms with Gasteiger partial charge in [0.1, 0.15) is 0 Å². The molecule has 0 unspecified atom stereocenters. The van der Waals surface area contributed by atoms with E-state index in [4.69, 9.17) is 20.4 Å². The van der Waals surface area contributed by atoms with E-state index in [-0.39, 0.29) is 52.3 Å². The van der Waals surface area contributed by atoms with Crippen LogP contribution in [0.15, 0.2) is 0 Å². The second kappa shape index (κ2) is 78.6. The number of aliphatic hydroxyl groups is 1. The minimum atomic E-state index is 0. The summed E-state index contributed by atoms with van der Waals surface area (Å²) in [6, 6.07) is 0. The van der Waals surface area contributed by atoms with E-state index in [2.05, 4.69) is 0 Å². The molecule has 0 atom stereocenters. The first-order valence-electron chi connectivity index (χ1n) is 4.01. The van der Waals surface area contributed by atoms with Gasteiger partial charge in [-0.3, -0.25) is 0 Å². The molecule has 0 aliphatic heterocycles. The molecular weight excluding hydrogens is 275 g/mol. The van der Waals surface area contributed by atoms with Gasteiger partial charge in [-0.1, -0.05) is 20.8 Å². The zero-order valence-corrected chi connectivity index (χ0v) is 12.4. The van der Waals surface area contributed by atoms with Crippen LogP contribution in [0.5, 0.6) is 0 Å². The van der Waals surface area contributed by atoms with E-state index < -0.39 is 0 Å². The van der Waals surface area contributed by atoms with Crippen molar-refractivity contribution in [3.8, 4) is 0 Å². The zero-order valence-electron chi connectivity index (χ0n) is 9.08. The smallest absolute Gasteiger partial charge is 0.855 e. The van der Waals surface area contributed by atoms with Gasteiger partial charge in [0.05, 0.1) is 0 Å². The average Bonchev–Trinajstić information content (AvgIpc) is 1.92.